The second kappa shape index (κ2) is 3.82. The molecule has 0 aliphatic heterocycles. The van der Waals surface area contributed by atoms with E-state index in [1.165, 1.54) is 17.5 Å². The van der Waals surface area contributed by atoms with Crippen molar-refractivity contribution in [2.45, 2.75) is 13.8 Å². The van der Waals surface area contributed by atoms with Crippen molar-refractivity contribution in [2.24, 2.45) is 0 Å². The molecule has 6 heteroatoms. The maximum Gasteiger partial charge on any atom is 0.293 e. The smallest absolute Gasteiger partial charge is 0.293 e. The summed E-state index contributed by atoms with van der Waals surface area (Å²) in [7, 11) is 0. The standard InChI is InChI=1S/C9H10N4OS/c1-5-6(2)15-9(12-5)13-8(14)7-10-3-4-11-7/h3-4H,1-2H3,(H,10,11)(H,12,13,14). The molecule has 0 atom stereocenters. The Kier molecular flexibility index (Phi) is 2.51. The van der Waals surface area contributed by atoms with E-state index in [-0.39, 0.29) is 5.91 Å². The highest BCUT2D eigenvalue weighted by Crippen LogP contribution is 2.21. The van der Waals surface area contributed by atoms with Gasteiger partial charge in [-0.1, -0.05) is 0 Å². The number of aromatic amines is 1. The van der Waals surface area contributed by atoms with Crippen LogP contribution in [0.4, 0.5) is 5.13 Å². The maximum absolute atomic E-state index is 11.6. The molecule has 2 rings (SSSR count). The van der Waals surface area contributed by atoms with Crippen LogP contribution in [0.3, 0.4) is 0 Å². The fourth-order valence-corrected chi connectivity index (χ4v) is 1.88. The lowest BCUT2D eigenvalue weighted by Crippen LogP contribution is -2.13. The molecule has 0 unspecified atom stereocenters. The molecule has 78 valence electrons. The summed E-state index contributed by atoms with van der Waals surface area (Å²) in [5.74, 6) is 0.0225. The predicted octanol–water partition coefficient (Wildman–Crippen LogP) is 1.74. The van der Waals surface area contributed by atoms with Gasteiger partial charge in [-0.25, -0.2) is 9.97 Å². The van der Waals surface area contributed by atoms with Crippen molar-refractivity contribution >= 4 is 22.4 Å². The summed E-state index contributed by atoms with van der Waals surface area (Å²) in [5, 5.41) is 3.28. The first-order valence-electron chi connectivity index (χ1n) is 4.41. The van der Waals surface area contributed by atoms with Crippen molar-refractivity contribution in [1.82, 2.24) is 15.0 Å². The number of imidazole rings is 1. The Morgan fingerprint density at radius 2 is 2.33 bits per heavy atom. The van der Waals surface area contributed by atoms with Gasteiger partial charge in [-0.15, -0.1) is 11.3 Å². The molecule has 0 fully saturated rings. The molecule has 5 nitrogen and oxygen atoms in total. The molecule has 2 aromatic heterocycles. The Bertz CT molecular complexity index is 455. The van der Waals surface area contributed by atoms with Crippen LogP contribution in [-0.2, 0) is 0 Å². The number of rotatable bonds is 2. The number of nitrogens with one attached hydrogen (secondary N) is 2. The Morgan fingerprint density at radius 1 is 1.53 bits per heavy atom. The summed E-state index contributed by atoms with van der Waals surface area (Å²) < 4.78 is 0. The molecule has 0 aliphatic carbocycles. The van der Waals surface area contributed by atoms with Crippen molar-refractivity contribution in [3.8, 4) is 0 Å². The minimum absolute atomic E-state index is 0.270. The van der Waals surface area contributed by atoms with Gasteiger partial charge in [0.05, 0.1) is 5.69 Å². The predicted molar refractivity (Wildman–Crippen MR) is 58.1 cm³/mol. The molecule has 0 aromatic carbocycles. The molecule has 2 heterocycles. The van der Waals surface area contributed by atoms with Crippen molar-refractivity contribution in [1.29, 1.82) is 0 Å². The Hall–Kier alpha value is -1.69. The number of carbonyl (C=O) groups is 1. The number of carbonyl (C=O) groups excluding carboxylic acids is 1. The van der Waals surface area contributed by atoms with E-state index < -0.39 is 0 Å². The zero-order chi connectivity index (χ0) is 10.8. The van der Waals surface area contributed by atoms with Crippen molar-refractivity contribution in [3.05, 3.63) is 28.8 Å². The van der Waals surface area contributed by atoms with E-state index in [0.29, 0.717) is 11.0 Å². The average molecular weight is 222 g/mol. The first-order chi connectivity index (χ1) is 7.16. The topological polar surface area (TPSA) is 70.7 Å². The first-order valence-corrected chi connectivity index (χ1v) is 5.23. The highest BCUT2D eigenvalue weighted by Gasteiger charge is 2.11. The molecule has 1 amide bonds. The van der Waals surface area contributed by atoms with E-state index in [1.807, 2.05) is 13.8 Å². The molecule has 0 bridgehead atoms. The van der Waals surface area contributed by atoms with Crippen molar-refractivity contribution in [2.75, 3.05) is 5.32 Å². The fraction of sp³-hybridized carbons (Fsp3) is 0.222. The summed E-state index contributed by atoms with van der Waals surface area (Å²) in [5.41, 5.74) is 0.940. The number of hydrogen-bond acceptors (Lipinski definition) is 4. The van der Waals surface area contributed by atoms with Crippen molar-refractivity contribution < 1.29 is 4.79 Å². The normalized spacial score (nSPS) is 10.3. The van der Waals surface area contributed by atoms with Gasteiger partial charge in [-0.2, -0.15) is 0 Å². The third-order valence-electron chi connectivity index (χ3n) is 1.96. The van der Waals surface area contributed by atoms with Crippen LogP contribution in [0.25, 0.3) is 0 Å². The highest BCUT2D eigenvalue weighted by atomic mass is 32.1. The van der Waals surface area contributed by atoms with Gasteiger partial charge in [0.25, 0.3) is 5.91 Å². The van der Waals surface area contributed by atoms with E-state index in [9.17, 15) is 4.79 Å². The number of aromatic nitrogens is 3. The van der Waals surface area contributed by atoms with Gasteiger partial charge in [-0.3, -0.25) is 10.1 Å². The average Bonchev–Trinajstić information content (AvgIpc) is 2.77. The van der Waals surface area contributed by atoms with Crippen LogP contribution in [0, 0.1) is 13.8 Å². The molecule has 0 aliphatic rings. The molecule has 0 saturated heterocycles. The maximum atomic E-state index is 11.6. The molecule has 0 spiro atoms. The van der Waals surface area contributed by atoms with Crippen LogP contribution in [-0.4, -0.2) is 20.9 Å². The van der Waals surface area contributed by atoms with Gasteiger partial charge in [0.2, 0.25) is 0 Å². The van der Waals surface area contributed by atoms with E-state index in [1.54, 1.807) is 6.20 Å². The molecule has 2 N–H and O–H groups in total. The van der Waals surface area contributed by atoms with E-state index >= 15 is 0 Å². The van der Waals surface area contributed by atoms with E-state index in [0.717, 1.165) is 10.6 Å². The SMILES string of the molecule is Cc1nc(NC(=O)c2ncc[nH]2)sc1C. The van der Waals surface area contributed by atoms with E-state index in [2.05, 4.69) is 20.3 Å². The Labute approximate surface area is 90.6 Å². The quantitative estimate of drug-likeness (QED) is 0.813. The largest absolute Gasteiger partial charge is 0.341 e. The highest BCUT2D eigenvalue weighted by molar-refractivity contribution is 7.15. The third kappa shape index (κ3) is 2.04. The lowest BCUT2D eigenvalue weighted by molar-refractivity contribution is 0.101. The Morgan fingerprint density at radius 3 is 2.87 bits per heavy atom. The zero-order valence-corrected chi connectivity index (χ0v) is 9.18. The second-order valence-corrected chi connectivity index (χ2v) is 4.26. The molecule has 2 aromatic rings. The van der Waals surface area contributed by atoms with Crippen LogP contribution >= 0.6 is 11.3 Å². The number of hydrogen-bond donors (Lipinski definition) is 2. The second-order valence-electron chi connectivity index (χ2n) is 3.05. The zero-order valence-electron chi connectivity index (χ0n) is 8.37. The number of amides is 1. The number of aryl methyl sites for hydroxylation is 2. The summed E-state index contributed by atoms with van der Waals surface area (Å²) in [6, 6.07) is 0. The molecule has 0 radical (unpaired) electrons. The van der Waals surface area contributed by atoms with E-state index in [4.69, 9.17) is 0 Å². The fourth-order valence-electron chi connectivity index (χ4n) is 1.07. The van der Waals surface area contributed by atoms with Crippen LogP contribution in [0.15, 0.2) is 12.4 Å². The minimum atomic E-state index is -0.270. The summed E-state index contributed by atoms with van der Waals surface area (Å²) in [6.07, 6.45) is 3.14. The van der Waals surface area contributed by atoms with Crippen LogP contribution in [0.2, 0.25) is 0 Å². The van der Waals surface area contributed by atoms with Gasteiger partial charge < -0.3 is 4.98 Å². The molecular formula is C9H10N4OS. The van der Waals surface area contributed by atoms with Crippen molar-refractivity contribution in [3.63, 3.8) is 0 Å². The van der Waals surface area contributed by atoms with Gasteiger partial charge >= 0.3 is 0 Å². The molecule has 0 saturated carbocycles. The van der Waals surface area contributed by atoms with Crippen LogP contribution in [0.5, 0.6) is 0 Å². The Balaban J connectivity index is 2.13. The summed E-state index contributed by atoms with van der Waals surface area (Å²) >= 11 is 1.46. The minimum Gasteiger partial charge on any atom is -0.341 e. The monoisotopic (exact) mass is 222 g/mol. The van der Waals surface area contributed by atoms with Gasteiger partial charge in [0, 0.05) is 17.3 Å². The van der Waals surface area contributed by atoms with Crippen LogP contribution in [0.1, 0.15) is 21.2 Å². The van der Waals surface area contributed by atoms with Crippen LogP contribution < -0.4 is 5.32 Å². The molecular weight excluding hydrogens is 212 g/mol. The number of anilines is 1. The molecule has 15 heavy (non-hydrogen) atoms. The van der Waals surface area contributed by atoms with Gasteiger partial charge in [0.1, 0.15) is 0 Å². The number of nitrogens with zero attached hydrogens (tertiary/aromatic N) is 2. The lowest BCUT2D eigenvalue weighted by atomic mass is 10.4. The lowest BCUT2D eigenvalue weighted by Gasteiger charge is -1.96. The number of thiazole rings is 1. The van der Waals surface area contributed by atoms with Gasteiger partial charge in [0.15, 0.2) is 11.0 Å². The number of H-pyrrole nitrogens is 1. The third-order valence-corrected chi connectivity index (χ3v) is 2.95. The summed E-state index contributed by atoms with van der Waals surface area (Å²) in [4.78, 5) is 23.4. The summed E-state index contributed by atoms with van der Waals surface area (Å²) in [6.45, 7) is 3.88. The first kappa shape index (κ1) is 9.85. The van der Waals surface area contributed by atoms with Gasteiger partial charge in [-0.05, 0) is 13.8 Å².